The number of fused-ring (bicyclic) bond motifs is 1. The topological polar surface area (TPSA) is 97.0 Å². The summed E-state index contributed by atoms with van der Waals surface area (Å²) in [5.74, 6) is -0.570. The fourth-order valence-electron chi connectivity index (χ4n) is 3.30. The van der Waals surface area contributed by atoms with Crippen LogP contribution in [-0.4, -0.2) is 29.6 Å². The summed E-state index contributed by atoms with van der Waals surface area (Å²) in [5.41, 5.74) is 1.88. The Bertz CT molecular complexity index is 981. The van der Waals surface area contributed by atoms with Crippen molar-refractivity contribution >= 4 is 29.4 Å². The number of hydrogen-bond donors (Lipinski definition) is 2. The second-order valence-electron chi connectivity index (χ2n) is 6.33. The molecule has 2 aliphatic heterocycles. The molecule has 0 saturated carbocycles. The standard InChI is InChI=1S/C19H16ClN3O5/c1-2-19(12-6-4-3-5-7-12)17(25)23(18(26)21-19)22-16(24)11-8-13(20)15-14(9-11)27-10-28-15/h3-9H,2,10H2,1H3,(H,21,26)(H,22,24)/t19-/m1/s1. The highest BCUT2D eigenvalue weighted by atomic mass is 35.5. The third-order valence-electron chi connectivity index (χ3n) is 4.79. The zero-order valence-electron chi connectivity index (χ0n) is 14.8. The van der Waals surface area contributed by atoms with Gasteiger partial charge in [0.1, 0.15) is 5.54 Å². The van der Waals surface area contributed by atoms with Crippen LogP contribution in [0.25, 0.3) is 0 Å². The lowest BCUT2D eigenvalue weighted by atomic mass is 9.87. The summed E-state index contributed by atoms with van der Waals surface area (Å²) < 4.78 is 10.5. The molecule has 0 radical (unpaired) electrons. The number of hydrogen-bond acceptors (Lipinski definition) is 5. The van der Waals surface area contributed by atoms with E-state index < -0.39 is 23.4 Å². The summed E-state index contributed by atoms with van der Waals surface area (Å²) in [6.45, 7) is 1.79. The van der Waals surface area contributed by atoms with Crippen molar-refractivity contribution in [1.82, 2.24) is 15.8 Å². The summed E-state index contributed by atoms with van der Waals surface area (Å²) in [7, 11) is 0. The van der Waals surface area contributed by atoms with Gasteiger partial charge >= 0.3 is 6.03 Å². The van der Waals surface area contributed by atoms with Crippen LogP contribution in [0.4, 0.5) is 4.79 Å². The molecule has 2 N–H and O–H groups in total. The Morgan fingerprint density at radius 2 is 2.00 bits per heavy atom. The summed E-state index contributed by atoms with van der Waals surface area (Å²) in [6, 6.07) is 11.0. The number of hydrazine groups is 1. The maximum atomic E-state index is 13.0. The monoisotopic (exact) mass is 401 g/mol. The zero-order valence-corrected chi connectivity index (χ0v) is 15.6. The van der Waals surface area contributed by atoms with Gasteiger partial charge in [0, 0.05) is 5.56 Å². The number of ether oxygens (including phenoxy) is 2. The van der Waals surface area contributed by atoms with Gasteiger partial charge in [0.2, 0.25) is 6.79 Å². The van der Waals surface area contributed by atoms with Crippen molar-refractivity contribution in [2.24, 2.45) is 0 Å². The summed E-state index contributed by atoms with van der Waals surface area (Å²) in [5, 5.41) is 3.59. The highest BCUT2D eigenvalue weighted by molar-refractivity contribution is 6.32. The molecule has 0 bridgehead atoms. The van der Waals surface area contributed by atoms with Crippen LogP contribution in [0.1, 0.15) is 29.3 Å². The van der Waals surface area contributed by atoms with E-state index in [9.17, 15) is 14.4 Å². The normalized spacial score (nSPS) is 20.3. The minimum atomic E-state index is -1.24. The Labute approximate surface area is 165 Å². The number of rotatable bonds is 4. The van der Waals surface area contributed by atoms with Crippen LogP contribution < -0.4 is 20.2 Å². The number of imide groups is 1. The maximum Gasteiger partial charge on any atom is 0.344 e. The fraction of sp³-hybridized carbons (Fsp3) is 0.211. The largest absolute Gasteiger partial charge is 0.454 e. The Morgan fingerprint density at radius 1 is 1.25 bits per heavy atom. The van der Waals surface area contributed by atoms with E-state index in [0.717, 1.165) is 0 Å². The van der Waals surface area contributed by atoms with Gasteiger partial charge in [-0.15, -0.1) is 0 Å². The molecule has 28 heavy (non-hydrogen) atoms. The van der Waals surface area contributed by atoms with Crippen molar-refractivity contribution in [3.8, 4) is 11.5 Å². The van der Waals surface area contributed by atoms with Crippen molar-refractivity contribution in [1.29, 1.82) is 0 Å². The van der Waals surface area contributed by atoms with Gasteiger partial charge in [0.05, 0.1) is 5.02 Å². The smallest absolute Gasteiger partial charge is 0.344 e. The van der Waals surface area contributed by atoms with Gasteiger partial charge in [0.25, 0.3) is 11.8 Å². The van der Waals surface area contributed by atoms with Crippen LogP contribution in [0.2, 0.25) is 5.02 Å². The van der Waals surface area contributed by atoms with Gasteiger partial charge in [0.15, 0.2) is 11.5 Å². The number of carbonyl (C=O) groups is 3. The third-order valence-corrected chi connectivity index (χ3v) is 5.07. The van der Waals surface area contributed by atoms with E-state index in [4.69, 9.17) is 21.1 Å². The SMILES string of the molecule is CC[C@]1(c2ccccc2)NC(=O)N(NC(=O)c2cc(Cl)c3c(c2)OCO3)C1=O. The summed E-state index contributed by atoms with van der Waals surface area (Å²) >= 11 is 6.10. The number of carbonyl (C=O) groups excluding carboxylic acids is 3. The van der Waals surface area contributed by atoms with E-state index >= 15 is 0 Å². The molecule has 2 aromatic carbocycles. The van der Waals surface area contributed by atoms with Crippen molar-refractivity contribution in [3.05, 3.63) is 58.6 Å². The van der Waals surface area contributed by atoms with Crippen molar-refractivity contribution in [2.45, 2.75) is 18.9 Å². The summed E-state index contributed by atoms with van der Waals surface area (Å²) in [6.07, 6.45) is 0.323. The average molecular weight is 402 g/mol. The van der Waals surface area contributed by atoms with E-state index in [1.54, 1.807) is 31.2 Å². The molecule has 1 saturated heterocycles. The van der Waals surface area contributed by atoms with Crippen LogP contribution in [0, 0.1) is 0 Å². The van der Waals surface area contributed by atoms with Gasteiger partial charge in [-0.1, -0.05) is 48.9 Å². The van der Waals surface area contributed by atoms with E-state index in [1.807, 2.05) is 6.07 Å². The number of urea groups is 1. The molecule has 2 aliphatic rings. The predicted octanol–water partition coefficient (Wildman–Crippen LogP) is 2.57. The van der Waals surface area contributed by atoms with Crippen molar-refractivity contribution in [3.63, 3.8) is 0 Å². The lowest BCUT2D eigenvalue weighted by molar-refractivity contribution is -0.133. The van der Waals surface area contributed by atoms with Crippen LogP contribution >= 0.6 is 11.6 Å². The Kier molecular flexibility index (Phi) is 4.35. The van der Waals surface area contributed by atoms with Gasteiger partial charge in [-0.2, -0.15) is 5.01 Å². The lowest BCUT2D eigenvalue weighted by Gasteiger charge is -2.25. The zero-order chi connectivity index (χ0) is 19.9. The minimum absolute atomic E-state index is 0.00321. The highest BCUT2D eigenvalue weighted by Crippen LogP contribution is 2.40. The Hall–Kier alpha value is -3.26. The number of amides is 4. The van der Waals surface area contributed by atoms with E-state index in [2.05, 4.69) is 10.7 Å². The van der Waals surface area contributed by atoms with E-state index in [0.29, 0.717) is 28.5 Å². The lowest BCUT2D eigenvalue weighted by Crippen LogP contribution is -2.48. The highest BCUT2D eigenvalue weighted by Gasteiger charge is 2.52. The predicted molar refractivity (Wildman–Crippen MR) is 98.8 cm³/mol. The second-order valence-corrected chi connectivity index (χ2v) is 6.74. The van der Waals surface area contributed by atoms with Gasteiger partial charge in [-0.05, 0) is 24.1 Å². The molecule has 1 fully saturated rings. The van der Waals surface area contributed by atoms with Crippen LogP contribution in [0.5, 0.6) is 11.5 Å². The van der Waals surface area contributed by atoms with Gasteiger partial charge < -0.3 is 14.8 Å². The van der Waals surface area contributed by atoms with Crippen molar-refractivity contribution < 1.29 is 23.9 Å². The Morgan fingerprint density at radius 3 is 2.71 bits per heavy atom. The number of nitrogens with one attached hydrogen (secondary N) is 2. The first-order chi connectivity index (χ1) is 13.5. The number of halogens is 1. The number of nitrogens with zero attached hydrogens (tertiary/aromatic N) is 1. The molecular formula is C19H16ClN3O5. The number of benzene rings is 2. The third kappa shape index (κ3) is 2.73. The first-order valence-corrected chi connectivity index (χ1v) is 8.96. The average Bonchev–Trinajstić information content (AvgIpc) is 3.27. The van der Waals surface area contributed by atoms with Crippen LogP contribution in [-0.2, 0) is 10.3 Å². The summed E-state index contributed by atoms with van der Waals surface area (Å²) in [4.78, 5) is 38.1. The Balaban J connectivity index is 1.60. The molecule has 1 atom stereocenters. The molecule has 0 aliphatic carbocycles. The fourth-order valence-corrected chi connectivity index (χ4v) is 3.57. The molecule has 0 spiro atoms. The molecule has 4 rings (SSSR count). The molecule has 8 nitrogen and oxygen atoms in total. The molecule has 0 aromatic heterocycles. The minimum Gasteiger partial charge on any atom is -0.454 e. The molecule has 4 amide bonds. The van der Waals surface area contributed by atoms with E-state index in [1.165, 1.54) is 12.1 Å². The molecule has 0 unspecified atom stereocenters. The first kappa shape index (κ1) is 18.1. The first-order valence-electron chi connectivity index (χ1n) is 8.58. The molecular weight excluding hydrogens is 386 g/mol. The van der Waals surface area contributed by atoms with Gasteiger partial charge in [-0.3, -0.25) is 15.0 Å². The quantitative estimate of drug-likeness (QED) is 0.767. The van der Waals surface area contributed by atoms with Crippen LogP contribution in [0.15, 0.2) is 42.5 Å². The molecule has 144 valence electrons. The van der Waals surface area contributed by atoms with Crippen LogP contribution in [0.3, 0.4) is 0 Å². The molecule has 2 heterocycles. The second kappa shape index (κ2) is 6.72. The maximum absolute atomic E-state index is 13.0. The van der Waals surface area contributed by atoms with Gasteiger partial charge in [-0.25, -0.2) is 4.79 Å². The van der Waals surface area contributed by atoms with E-state index in [-0.39, 0.29) is 17.4 Å². The molecule has 9 heteroatoms. The molecule has 2 aromatic rings. The van der Waals surface area contributed by atoms with Crippen molar-refractivity contribution in [2.75, 3.05) is 6.79 Å².